The molecule has 0 saturated heterocycles. The molecule has 162 valence electrons. The Kier molecular flexibility index (Phi) is 4.97. The van der Waals surface area contributed by atoms with E-state index in [4.69, 9.17) is 20.2 Å². The highest BCUT2D eigenvalue weighted by Gasteiger charge is 2.29. The van der Waals surface area contributed by atoms with Crippen molar-refractivity contribution in [3.05, 3.63) is 18.5 Å². The van der Waals surface area contributed by atoms with Crippen LogP contribution in [0.5, 0.6) is 11.5 Å². The molecule has 3 N–H and O–H groups in total. The van der Waals surface area contributed by atoms with Crippen LogP contribution in [0.4, 0.5) is 11.5 Å². The molecule has 1 aliphatic carbocycles. The van der Waals surface area contributed by atoms with Gasteiger partial charge in [0.05, 0.1) is 5.69 Å². The average Bonchev–Trinajstić information content (AvgIpc) is 3.40. The van der Waals surface area contributed by atoms with Crippen molar-refractivity contribution in [3.8, 4) is 11.5 Å². The van der Waals surface area contributed by atoms with Crippen LogP contribution in [-0.4, -0.2) is 52.9 Å². The van der Waals surface area contributed by atoms with Gasteiger partial charge in [-0.15, -0.1) is 0 Å². The lowest BCUT2D eigenvalue weighted by Crippen LogP contribution is -2.28. The van der Waals surface area contributed by atoms with E-state index in [0.717, 1.165) is 29.2 Å². The third-order valence-electron chi connectivity index (χ3n) is 5.25. The van der Waals surface area contributed by atoms with Gasteiger partial charge < -0.3 is 30.0 Å². The number of nitrogens with zero attached hydrogens (tertiary/aromatic N) is 5. The van der Waals surface area contributed by atoms with Crippen LogP contribution in [0.1, 0.15) is 12.8 Å². The fraction of sp³-hybridized carbons (Fsp3) is 0.400. The summed E-state index contributed by atoms with van der Waals surface area (Å²) in [5, 5.41) is 3.71. The van der Waals surface area contributed by atoms with Gasteiger partial charge >= 0.3 is 0 Å². The molecule has 1 aliphatic heterocycles. The van der Waals surface area contributed by atoms with E-state index in [1.165, 1.54) is 18.1 Å². The lowest BCUT2D eigenvalue weighted by molar-refractivity contribution is -0.122. The summed E-state index contributed by atoms with van der Waals surface area (Å²) in [4.78, 5) is 28.2. The number of carbonyl (C=O) groups is 1. The summed E-state index contributed by atoms with van der Waals surface area (Å²) < 4.78 is 13.1. The molecule has 0 atom stereocenters. The van der Waals surface area contributed by atoms with E-state index in [1.807, 2.05) is 35.7 Å². The number of rotatable bonds is 7. The van der Waals surface area contributed by atoms with Gasteiger partial charge in [-0.25, -0.2) is 15.0 Å². The minimum absolute atomic E-state index is 0.110. The van der Waals surface area contributed by atoms with Crippen molar-refractivity contribution in [2.75, 3.05) is 38.1 Å². The summed E-state index contributed by atoms with van der Waals surface area (Å²) >= 11 is 1.49. The average molecular weight is 442 g/mol. The van der Waals surface area contributed by atoms with E-state index in [9.17, 15) is 4.79 Å². The Labute approximate surface area is 183 Å². The first-order valence-electron chi connectivity index (χ1n) is 10.0. The lowest BCUT2D eigenvalue weighted by atomic mass is 10.2. The Morgan fingerprint density at radius 2 is 2.06 bits per heavy atom. The smallest absolute Gasteiger partial charge is 0.231 e. The highest BCUT2D eigenvalue weighted by Crippen LogP contribution is 2.44. The van der Waals surface area contributed by atoms with Gasteiger partial charge in [0.2, 0.25) is 12.7 Å². The quantitative estimate of drug-likeness (QED) is 0.566. The molecular formula is C20H23N7O3S. The summed E-state index contributed by atoms with van der Waals surface area (Å²) in [5.41, 5.74) is 8.23. The molecule has 3 heterocycles. The molecule has 2 aromatic heterocycles. The first-order chi connectivity index (χ1) is 15.0. The van der Waals surface area contributed by atoms with E-state index >= 15 is 0 Å². The molecule has 3 aromatic rings. The Morgan fingerprint density at radius 1 is 1.29 bits per heavy atom. The number of amides is 1. The maximum absolute atomic E-state index is 12.0. The zero-order valence-electron chi connectivity index (χ0n) is 17.3. The number of nitrogens with two attached hydrogens (primary N) is 1. The molecule has 0 radical (unpaired) electrons. The Hall–Kier alpha value is -3.21. The molecule has 11 heteroatoms. The van der Waals surface area contributed by atoms with Crippen molar-refractivity contribution in [1.82, 2.24) is 24.8 Å². The van der Waals surface area contributed by atoms with E-state index in [1.54, 1.807) is 0 Å². The summed E-state index contributed by atoms with van der Waals surface area (Å²) in [5.74, 6) is 2.03. The summed E-state index contributed by atoms with van der Waals surface area (Å²) in [6.45, 7) is 1.22. The summed E-state index contributed by atoms with van der Waals surface area (Å²) in [6, 6.07) is 3.91. The Balaban J connectivity index is 1.49. The first-order valence-corrected chi connectivity index (χ1v) is 10.9. The minimum atomic E-state index is 0.110. The molecule has 0 unspecified atom stereocenters. The molecule has 31 heavy (non-hydrogen) atoms. The number of nitrogens with one attached hydrogen (secondary N) is 1. The number of anilines is 2. The highest BCUT2D eigenvalue weighted by atomic mass is 32.2. The number of aromatic nitrogens is 4. The van der Waals surface area contributed by atoms with E-state index < -0.39 is 0 Å². The van der Waals surface area contributed by atoms with Crippen LogP contribution in [0, 0.1) is 5.92 Å². The molecule has 0 bridgehead atoms. The summed E-state index contributed by atoms with van der Waals surface area (Å²) in [6.07, 6.45) is 3.38. The third kappa shape index (κ3) is 3.80. The molecule has 1 aromatic carbocycles. The number of carbonyl (C=O) groups excluding carboxylic acids is 1. The van der Waals surface area contributed by atoms with Crippen LogP contribution in [-0.2, 0) is 11.3 Å². The standard InChI is InChI=1S/C20H23N7O3S/c1-26(2)12-7-13-14(30-10-29-13)8-15(12)31-20-25-16-17(21)23-9-24-18(16)27(20)6-5-22-19(28)11-3-4-11/h7-9,11H,3-6,10H2,1-2H3,(H,22,28)(H2,21,23,24). The van der Waals surface area contributed by atoms with E-state index in [0.29, 0.717) is 41.0 Å². The molecule has 5 rings (SSSR count). The van der Waals surface area contributed by atoms with Crippen molar-refractivity contribution in [3.63, 3.8) is 0 Å². The van der Waals surface area contributed by atoms with Crippen LogP contribution >= 0.6 is 11.8 Å². The van der Waals surface area contributed by atoms with E-state index in [-0.39, 0.29) is 18.6 Å². The SMILES string of the molecule is CN(C)c1cc2c(cc1Sc1nc3c(N)ncnc3n1CCNC(=O)C1CC1)OCO2. The van der Waals surface area contributed by atoms with Crippen LogP contribution in [0.25, 0.3) is 11.2 Å². The fourth-order valence-electron chi connectivity index (χ4n) is 3.44. The minimum Gasteiger partial charge on any atom is -0.454 e. The van der Waals surface area contributed by atoms with Crippen molar-refractivity contribution >= 4 is 40.3 Å². The number of fused-ring (bicyclic) bond motifs is 2. The largest absolute Gasteiger partial charge is 0.454 e. The number of nitrogen functional groups attached to an aromatic ring is 1. The van der Waals surface area contributed by atoms with Gasteiger partial charge in [0.1, 0.15) is 6.33 Å². The monoisotopic (exact) mass is 441 g/mol. The Bertz CT molecular complexity index is 1160. The first kappa shape index (κ1) is 19.7. The fourth-order valence-corrected chi connectivity index (χ4v) is 4.57. The van der Waals surface area contributed by atoms with Gasteiger partial charge in [0, 0.05) is 50.1 Å². The molecular weight excluding hydrogens is 418 g/mol. The number of hydrogen-bond donors (Lipinski definition) is 2. The second kappa shape index (κ2) is 7.80. The predicted molar refractivity (Wildman–Crippen MR) is 116 cm³/mol. The second-order valence-electron chi connectivity index (χ2n) is 7.71. The topological polar surface area (TPSA) is 120 Å². The molecule has 0 spiro atoms. The molecule has 1 fully saturated rings. The van der Waals surface area contributed by atoms with Gasteiger partial charge in [-0.2, -0.15) is 0 Å². The molecule has 2 aliphatic rings. The number of ether oxygens (including phenoxy) is 2. The van der Waals surface area contributed by atoms with Gasteiger partial charge in [0.15, 0.2) is 33.6 Å². The zero-order valence-corrected chi connectivity index (χ0v) is 18.1. The van der Waals surface area contributed by atoms with Crippen LogP contribution in [0.15, 0.2) is 28.5 Å². The van der Waals surface area contributed by atoms with Crippen molar-refractivity contribution in [2.45, 2.75) is 29.4 Å². The van der Waals surface area contributed by atoms with Crippen LogP contribution < -0.4 is 25.4 Å². The number of hydrogen-bond acceptors (Lipinski definition) is 9. The maximum Gasteiger partial charge on any atom is 0.231 e. The summed E-state index contributed by atoms with van der Waals surface area (Å²) in [7, 11) is 3.95. The highest BCUT2D eigenvalue weighted by molar-refractivity contribution is 7.99. The zero-order chi connectivity index (χ0) is 21.5. The van der Waals surface area contributed by atoms with Gasteiger partial charge in [-0.1, -0.05) is 0 Å². The second-order valence-corrected chi connectivity index (χ2v) is 8.72. The number of benzene rings is 1. The van der Waals surface area contributed by atoms with Gasteiger partial charge in [-0.05, 0) is 24.6 Å². The van der Waals surface area contributed by atoms with Crippen molar-refractivity contribution in [1.29, 1.82) is 0 Å². The van der Waals surface area contributed by atoms with Gasteiger partial charge in [0.25, 0.3) is 0 Å². The van der Waals surface area contributed by atoms with Gasteiger partial charge in [-0.3, -0.25) is 4.79 Å². The molecule has 1 saturated carbocycles. The van der Waals surface area contributed by atoms with Crippen molar-refractivity contribution in [2.24, 2.45) is 5.92 Å². The predicted octanol–water partition coefficient (Wildman–Crippen LogP) is 1.88. The van der Waals surface area contributed by atoms with Crippen LogP contribution in [0.2, 0.25) is 0 Å². The molecule has 10 nitrogen and oxygen atoms in total. The van der Waals surface area contributed by atoms with Crippen LogP contribution in [0.3, 0.4) is 0 Å². The normalized spacial score (nSPS) is 14.8. The maximum atomic E-state index is 12.0. The third-order valence-corrected chi connectivity index (χ3v) is 6.29. The molecule has 1 amide bonds. The Morgan fingerprint density at radius 3 is 2.81 bits per heavy atom. The van der Waals surface area contributed by atoms with Crippen molar-refractivity contribution < 1.29 is 14.3 Å². The number of imidazole rings is 1. The lowest BCUT2D eigenvalue weighted by Gasteiger charge is -2.18. The van der Waals surface area contributed by atoms with E-state index in [2.05, 4.69) is 15.3 Å².